The molecule has 0 heterocycles. The highest BCUT2D eigenvalue weighted by Crippen LogP contribution is 2.23. The molecular weight excluding hydrogens is 267 g/mol. The van der Waals surface area contributed by atoms with Crippen LogP contribution in [0.15, 0.2) is 17.0 Å². The van der Waals surface area contributed by atoms with Gasteiger partial charge in [0.1, 0.15) is 5.82 Å². The number of nitrogens with one attached hydrogen (secondary N) is 1. The minimum atomic E-state index is -3.63. The molecule has 6 heteroatoms. The van der Waals surface area contributed by atoms with Crippen molar-refractivity contribution in [1.29, 1.82) is 0 Å². The third kappa shape index (κ3) is 3.32. The Labute approximate surface area is 114 Å². The molecule has 0 radical (unpaired) electrons. The van der Waals surface area contributed by atoms with Gasteiger partial charge in [-0.1, -0.05) is 13.8 Å². The van der Waals surface area contributed by atoms with Gasteiger partial charge < -0.3 is 5.32 Å². The molecule has 0 atom stereocenters. The van der Waals surface area contributed by atoms with Gasteiger partial charge >= 0.3 is 0 Å². The van der Waals surface area contributed by atoms with Crippen molar-refractivity contribution in [3.8, 4) is 0 Å². The summed E-state index contributed by atoms with van der Waals surface area (Å²) in [6.45, 7) is 6.20. The van der Waals surface area contributed by atoms with Crippen LogP contribution in [-0.2, 0) is 16.6 Å². The van der Waals surface area contributed by atoms with Gasteiger partial charge in [0, 0.05) is 25.2 Å². The molecule has 0 aliphatic carbocycles. The summed E-state index contributed by atoms with van der Waals surface area (Å²) in [5.41, 5.74) is 0.795. The van der Waals surface area contributed by atoms with Crippen molar-refractivity contribution in [1.82, 2.24) is 9.62 Å². The second kappa shape index (κ2) is 6.45. The van der Waals surface area contributed by atoms with Crippen LogP contribution in [0.3, 0.4) is 0 Å². The third-order valence-electron chi connectivity index (χ3n) is 3.06. The number of rotatable bonds is 6. The molecule has 1 rings (SSSR count). The molecule has 0 spiro atoms. The van der Waals surface area contributed by atoms with E-state index in [2.05, 4.69) is 5.32 Å². The van der Waals surface area contributed by atoms with Gasteiger partial charge in [0.05, 0.1) is 4.90 Å². The Bertz CT molecular complexity index is 540. The number of hydrogen-bond acceptors (Lipinski definition) is 3. The number of halogens is 1. The molecule has 0 fully saturated rings. The second-order valence-corrected chi connectivity index (χ2v) is 6.23. The normalized spacial score (nSPS) is 12.1. The average molecular weight is 288 g/mol. The summed E-state index contributed by atoms with van der Waals surface area (Å²) >= 11 is 0. The Morgan fingerprint density at radius 1 is 1.26 bits per heavy atom. The lowest BCUT2D eigenvalue weighted by Crippen LogP contribution is -2.31. The fourth-order valence-electron chi connectivity index (χ4n) is 1.98. The lowest BCUT2D eigenvalue weighted by Gasteiger charge is -2.20. The summed E-state index contributed by atoms with van der Waals surface area (Å²) in [6.07, 6.45) is 0. The van der Waals surface area contributed by atoms with Gasteiger partial charge in [-0.15, -0.1) is 0 Å². The molecule has 0 saturated heterocycles. The van der Waals surface area contributed by atoms with Crippen molar-refractivity contribution in [3.63, 3.8) is 0 Å². The maximum atomic E-state index is 13.9. The van der Waals surface area contributed by atoms with Gasteiger partial charge in [-0.25, -0.2) is 12.8 Å². The minimum absolute atomic E-state index is 0.0569. The Balaban J connectivity index is 3.40. The summed E-state index contributed by atoms with van der Waals surface area (Å²) in [5, 5.41) is 2.89. The van der Waals surface area contributed by atoms with Crippen molar-refractivity contribution >= 4 is 10.0 Å². The van der Waals surface area contributed by atoms with Crippen LogP contribution < -0.4 is 5.32 Å². The lowest BCUT2D eigenvalue weighted by molar-refractivity contribution is 0.444. The zero-order valence-electron chi connectivity index (χ0n) is 11.8. The molecule has 0 unspecified atom stereocenters. The van der Waals surface area contributed by atoms with Gasteiger partial charge in [0.2, 0.25) is 10.0 Å². The molecule has 0 bridgehead atoms. The lowest BCUT2D eigenvalue weighted by atomic mass is 10.1. The molecular formula is C13H21FN2O2S. The Morgan fingerprint density at radius 3 is 2.32 bits per heavy atom. The van der Waals surface area contributed by atoms with Crippen molar-refractivity contribution in [2.75, 3.05) is 20.1 Å². The van der Waals surface area contributed by atoms with E-state index >= 15 is 0 Å². The van der Waals surface area contributed by atoms with E-state index in [9.17, 15) is 12.8 Å². The van der Waals surface area contributed by atoms with Crippen LogP contribution in [0.1, 0.15) is 25.0 Å². The molecule has 1 aromatic rings. The van der Waals surface area contributed by atoms with E-state index in [1.807, 2.05) is 0 Å². The molecule has 0 amide bonds. The van der Waals surface area contributed by atoms with Gasteiger partial charge in [-0.3, -0.25) is 0 Å². The summed E-state index contributed by atoms with van der Waals surface area (Å²) in [7, 11) is -1.90. The first kappa shape index (κ1) is 16.1. The van der Waals surface area contributed by atoms with E-state index in [4.69, 9.17) is 0 Å². The highest BCUT2D eigenvalue weighted by atomic mass is 32.2. The van der Waals surface area contributed by atoms with Gasteiger partial charge in [-0.2, -0.15) is 4.31 Å². The van der Waals surface area contributed by atoms with Crippen LogP contribution in [-0.4, -0.2) is 32.9 Å². The van der Waals surface area contributed by atoms with Crippen molar-refractivity contribution in [3.05, 3.63) is 29.1 Å². The Kier molecular flexibility index (Phi) is 5.46. The first-order valence-electron chi connectivity index (χ1n) is 6.32. The number of benzene rings is 1. The highest BCUT2D eigenvalue weighted by Gasteiger charge is 2.25. The van der Waals surface area contributed by atoms with Gasteiger partial charge in [0.15, 0.2) is 0 Å². The van der Waals surface area contributed by atoms with Crippen LogP contribution in [0, 0.1) is 12.7 Å². The van der Waals surface area contributed by atoms with Crippen LogP contribution in [0.25, 0.3) is 0 Å². The molecule has 1 aromatic carbocycles. The Hall–Kier alpha value is -0.980. The fourth-order valence-corrected chi connectivity index (χ4v) is 3.73. The monoisotopic (exact) mass is 288 g/mol. The van der Waals surface area contributed by atoms with E-state index in [0.29, 0.717) is 25.2 Å². The van der Waals surface area contributed by atoms with Crippen LogP contribution in [0.5, 0.6) is 0 Å². The van der Waals surface area contributed by atoms with Crippen LogP contribution in [0.2, 0.25) is 0 Å². The predicted molar refractivity (Wildman–Crippen MR) is 74.0 cm³/mol. The summed E-state index contributed by atoms with van der Waals surface area (Å²) < 4.78 is 40.1. The number of nitrogens with zero attached hydrogens (tertiary/aromatic N) is 1. The van der Waals surface area contributed by atoms with Gasteiger partial charge in [-0.05, 0) is 31.7 Å². The fraction of sp³-hybridized carbons (Fsp3) is 0.538. The molecule has 0 aromatic heterocycles. The topological polar surface area (TPSA) is 49.4 Å². The Morgan fingerprint density at radius 2 is 1.84 bits per heavy atom. The molecule has 108 valence electrons. The van der Waals surface area contributed by atoms with E-state index in [0.717, 1.165) is 0 Å². The maximum absolute atomic E-state index is 13.9. The highest BCUT2D eigenvalue weighted by molar-refractivity contribution is 7.89. The molecule has 4 nitrogen and oxygen atoms in total. The standard InChI is InChI=1S/C13H21FN2O2S/c1-5-16(6-2)19(17,18)13-8-11(9-15-4)7-12(14)10(13)3/h7-8,15H,5-6,9H2,1-4H3. The van der Waals surface area contributed by atoms with Crippen LogP contribution in [0.4, 0.5) is 4.39 Å². The quantitative estimate of drug-likeness (QED) is 0.869. The minimum Gasteiger partial charge on any atom is -0.316 e. The van der Waals surface area contributed by atoms with Crippen molar-refractivity contribution in [2.24, 2.45) is 0 Å². The maximum Gasteiger partial charge on any atom is 0.243 e. The number of hydrogen-bond donors (Lipinski definition) is 1. The zero-order valence-corrected chi connectivity index (χ0v) is 12.6. The number of sulfonamides is 1. The first-order chi connectivity index (χ1) is 8.88. The average Bonchev–Trinajstić information content (AvgIpc) is 2.34. The molecule has 0 aliphatic heterocycles. The van der Waals surface area contributed by atoms with E-state index in [1.54, 1.807) is 27.0 Å². The van der Waals surface area contributed by atoms with E-state index < -0.39 is 15.8 Å². The smallest absolute Gasteiger partial charge is 0.243 e. The molecule has 0 saturated carbocycles. The summed E-state index contributed by atoms with van der Waals surface area (Å²) in [5.74, 6) is -0.488. The van der Waals surface area contributed by atoms with Crippen molar-refractivity contribution in [2.45, 2.75) is 32.2 Å². The molecule has 19 heavy (non-hydrogen) atoms. The van der Waals surface area contributed by atoms with E-state index in [1.165, 1.54) is 17.3 Å². The predicted octanol–water partition coefficient (Wildman–Crippen LogP) is 1.88. The zero-order chi connectivity index (χ0) is 14.6. The SMILES string of the molecule is CCN(CC)S(=O)(=O)c1cc(CNC)cc(F)c1C. The van der Waals surface area contributed by atoms with Gasteiger partial charge in [0.25, 0.3) is 0 Å². The van der Waals surface area contributed by atoms with Crippen molar-refractivity contribution < 1.29 is 12.8 Å². The van der Waals surface area contributed by atoms with E-state index in [-0.39, 0.29) is 10.5 Å². The largest absolute Gasteiger partial charge is 0.316 e. The molecule has 0 aliphatic rings. The summed E-state index contributed by atoms with van der Waals surface area (Å²) in [4.78, 5) is 0.0569. The molecule has 1 N–H and O–H groups in total. The first-order valence-corrected chi connectivity index (χ1v) is 7.76. The third-order valence-corrected chi connectivity index (χ3v) is 5.24. The van der Waals surface area contributed by atoms with Crippen LogP contribution >= 0.6 is 0 Å². The summed E-state index contributed by atoms with van der Waals surface area (Å²) in [6, 6.07) is 2.91. The second-order valence-electron chi connectivity index (χ2n) is 4.32.